The van der Waals surface area contributed by atoms with Crippen molar-refractivity contribution in [2.45, 2.75) is 281 Å². The van der Waals surface area contributed by atoms with Crippen LogP contribution in [-0.4, -0.2) is 98.3 Å². The first kappa shape index (κ1) is 60.6. The summed E-state index contributed by atoms with van der Waals surface area (Å²) >= 11 is 0. The van der Waals surface area contributed by atoms with Crippen LogP contribution in [0.15, 0.2) is 12.2 Å². The lowest BCUT2D eigenvalue weighted by Gasteiger charge is -2.41. The molecule has 0 heterocycles. The maximum Gasteiger partial charge on any atom is 0.472 e. The number of unbranched alkanes of at least 4 members (excludes halogenated alkanes) is 30. The van der Waals surface area contributed by atoms with E-state index in [1.165, 1.54) is 154 Å². The van der Waals surface area contributed by atoms with Gasteiger partial charge in [0.2, 0.25) is 0 Å². The van der Waals surface area contributed by atoms with Crippen LogP contribution in [0.25, 0.3) is 0 Å². The lowest BCUT2D eigenvalue weighted by molar-refractivity contribution is -0.220. The average molecular weight is 935 g/mol. The van der Waals surface area contributed by atoms with Crippen molar-refractivity contribution < 1.29 is 63.1 Å². The van der Waals surface area contributed by atoms with Gasteiger partial charge in [-0.1, -0.05) is 199 Å². The zero-order chi connectivity index (χ0) is 47.1. The molecule has 0 aromatic carbocycles. The number of aliphatic hydroxyl groups is 5. The van der Waals surface area contributed by atoms with Crippen LogP contribution in [0.1, 0.15) is 239 Å². The van der Waals surface area contributed by atoms with Crippen LogP contribution in [0.4, 0.5) is 0 Å². The number of carbonyl (C=O) groups excluding carboxylic acids is 2. The van der Waals surface area contributed by atoms with E-state index in [0.717, 1.165) is 44.9 Å². The Morgan fingerprint density at radius 1 is 0.469 bits per heavy atom. The van der Waals surface area contributed by atoms with Crippen LogP contribution in [0.2, 0.25) is 0 Å². The highest BCUT2D eigenvalue weighted by Gasteiger charge is 2.51. The number of allylic oxidation sites excluding steroid dienone is 2. The molecular formula is C50H95O13P. The number of phosphoric acid groups is 1. The van der Waals surface area contributed by atoms with Gasteiger partial charge in [0.05, 0.1) is 6.61 Å². The molecule has 14 heteroatoms. The molecule has 0 spiro atoms. The van der Waals surface area contributed by atoms with Gasteiger partial charge >= 0.3 is 19.8 Å². The fourth-order valence-electron chi connectivity index (χ4n) is 8.17. The van der Waals surface area contributed by atoms with E-state index >= 15 is 0 Å². The molecule has 0 radical (unpaired) electrons. The third-order valence-corrected chi connectivity index (χ3v) is 13.3. The molecule has 6 N–H and O–H groups in total. The van der Waals surface area contributed by atoms with Gasteiger partial charge in [0, 0.05) is 12.8 Å². The first-order chi connectivity index (χ1) is 30.9. The standard InChI is InChI=1S/C50H95O13P/c1-3-5-7-9-11-13-15-17-19-20-21-22-23-24-25-27-29-31-33-35-37-39-44(52)62-42(41-61-64(58,59)63-50-48(56)46(54)45(53)47(55)49(50)57)40-60-43(51)38-36-34-32-30-28-26-18-16-14-12-10-8-6-4-2/h17,19,42,45-50,53-57H,3-16,18,20-41H2,1-2H3,(H,58,59)/b19-17+/t42-,45?,46-,47?,48?,49?,50?/m1/s1. The second kappa shape index (κ2) is 40.6. The number of rotatable bonds is 44. The fourth-order valence-corrected chi connectivity index (χ4v) is 9.14. The number of esters is 2. The molecule has 0 amide bonds. The van der Waals surface area contributed by atoms with Gasteiger partial charge in [-0.15, -0.1) is 0 Å². The summed E-state index contributed by atoms with van der Waals surface area (Å²) in [5.41, 5.74) is 0. The van der Waals surface area contributed by atoms with Crippen molar-refractivity contribution in [3.8, 4) is 0 Å². The Bertz CT molecular complexity index is 1170. The van der Waals surface area contributed by atoms with Crippen molar-refractivity contribution in [3.63, 3.8) is 0 Å². The number of hydrogen-bond acceptors (Lipinski definition) is 12. The van der Waals surface area contributed by atoms with Crippen LogP contribution in [0, 0.1) is 0 Å². The molecule has 6 unspecified atom stereocenters. The minimum atomic E-state index is -5.12. The van der Waals surface area contributed by atoms with Gasteiger partial charge in [-0.25, -0.2) is 4.57 Å². The largest absolute Gasteiger partial charge is 0.472 e. The summed E-state index contributed by atoms with van der Waals surface area (Å²) in [6, 6.07) is 0. The molecule has 1 saturated carbocycles. The maximum absolute atomic E-state index is 12.8. The maximum atomic E-state index is 12.8. The number of carbonyl (C=O) groups is 2. The minimum absolute atomic E-state index is 0.101. The molecule has 1 fully saturated rings. The third kappa shape index (κ3) is 32.3. The molecule has 1 aliphatic rings. The molecule has 0 aliphatic heterocycles. The van der Waals surface area contributed by atoms with Crippen molar-refractivity contribution in [1.29, 1.82) is 0 Å². The van der Waals surface area contributed by atoms with E-state index in [4.69, 9.17) is 18.5 Å². The van der Waals surface area contributed by atoms with Gasteiger partial charge in [0.15, 0.2) is 6.10 Å². The van der Waals surface area contributed by atoms with Crippen LogP contribution >= 0.6 is 7.82 Å². The highest BCUT2D eigenvalue weighted by Crippen LogP contribution is 2.47. The summed E-state index contributed by atoms with van der Waals surface area (Å²) in [5.74, 6) is -1.09. The smallest absolute Gasteiger partial charge is 0.462 e. The van der Waals surface area contributed by atoms with Crippen molar-refractivity contribution in [3.05, 3.63) is 12.2 Å². The predicted molar refractivity (Wildman–Crippen MR) is 254 cm³/mol. The fraction of sp³-hybridized carbons (Fsp3) is 0.920. The molecule has 0 aromatic rings. The molecule has 0 saturated heterocycles. The predicted octanol–water partition coefficient (Wildman–Crippen LogP) is 11.0. The van der Waals surface area contributed by atoms with Gasteiger partial charge in [-0.3, -0.25) is 18.6 Å². The van der Waals surface area contributed by atoms with Crippen molar-refractivity contribution >= 4 is 19.8 Å². The molecule has 1 rings (SSSR count). The average Bonchev–Trinajstić information content (AvgIpc) is 3.28. The monoisotopic (exact) mass is 935 g/mol. The Morgan fingerprint density at radius 3 is 1.19 bits per heavy atom. The Kier molecular flexibility index (Phi) is 38.5. The highest BCUT2D eigenvalue weighted by atomic mass is 31.2. The topological polar surface area (TPSA) is 210 Å². The number of hydrogen-bond donors (Lipinski definition) is 6. The van der Waals surface area contributed by atoms with E-state index in [-0.39, 0.29) is 12.8 Å². The van der Waals surface area contributed by atoms with Gasteiger partial charge < -0.3 is 39.9 Å². The normalized spacial score (nSPS) is 21.6. The third-order valence-electron chi connectivity index (χ3n) is 12.4. The molecule has 0 aromatic heterocycles. The number of phosphoric ester groups is 1. The molecule has 1 aliphatic carbocycles. The van der Waals surface area contributed by atoms with Crippen LogP contribution in [0.3, 0.4) is 0 Å². The zero-order valence-corrected chi connectivity index (χ0v) is 41.2. The first-order valence-corrected chi connectivity index (χ1v) is 27.5. The Hall–Kier alpha value is -1.41. The SMILES string of the molecule is CCCCCCCC/C=C/CCCCCCCCCCCCCC(=O)O[C@H](COC(=O)CCCCCCCCCCCCCCCC)COP(=O)(O)OC1C(O)C(O)C(O)[C@@H](O)C1O. The zero-order valence-electron chi connectivity index (χ0n) is 40.3. The van der Waals surface area contributed by atoms with Gasteiger partial charge in [-0.2, -0.15) is 0 Å². The molecule has 64 heavy (non-hydrogen) atoms. The lowest BCUT2D eigenvalue weighted by Crippen LogP contribution is -2.64. The number of aliphatic hydroxyl groups excluding tert-OH is 5. The Balaban J connectivity index is 2.37. The van der Waals surface area contributed by atoms with Gasteiger partial charge in [0.25, 0.3) is 0 Å². The highest BCUT2D eigenvalue weighted by molar-refractivity contribution is 7.47. The first-order valence-electron chi connectivity index (χ1n) is 26.0. The van der Waals surface area contributed by atoms with Gasteiger partial charge in [0.1, 0.15) is 43.2 Å². The van der Waals surface area contributed by atoms with E-state index in [1.54, 1.807) is 0 Å². The minimum Gasteiger partial charge on any atom is -0.462 e. The van der Waals surface area contributed by atoms with E-state index in [9.17, 15) is 44.6 Å². The van der Waals surface area contributed by atoms with E-state index < -0.39 is 75.7 Å². The molecule has 8 atom stereocenters. The Labute approximate surface area is 388 Å². The van der Waals surface area contributed by atoms with E-state index in [0.29, 0.717) is 12.8 Å². The summed E-state index contributed by atoms with van der Waals surface area (Å²) in [6.07, 6.45) is 31.2. The van der Waals surface area contributed by atoms with Crippen molar-refractivity contribution in [2.24, 2.45) is 0 Å². The van der Waals surface area contributed by atoms with E-state index in [1.807, 2.05) is 0 Å². The summed E-state index contributed by atoms with van der Waals surface area (Å²) in [6.45, 7) is 3.33. The summed E-state index contributed by atoms with van der Waals surface area (Å²) in [7, 11) is -5.12. The van der Waals surface area contributed by atoms with Crippen LogP contribution < -0.4 is 0 Å². The van der Waals surface area contributed by atoms with E-state index in [2.05, 4.69) is 26.0 Å². The summed E-state index contributed by atoms with van der Waals surface area (Å²) < 4.78 is 33.6. The molecule has 378 valence electrons. The van der Waals surface area contributed by atoms with Crippen molar-refractivity contribution in [2.75, 3.05) is 13.2 Å². The lowest BCUT2D eigenvalue weighted by atomic mass is 9.85. The summed E-state index contributed by atoms with van der Waals surface area (Å²) in [4.78, 5) is 35.8. The molecule has 13 nitrogen and oxygen atoms in total. The Morgan fingerprint density at radius 2 is 0.797 bits per heavy atom. The van der Waals surface area contributed by atoms with Crippen molar-refractivity contribution in [1.82, 2.24) is 0 Å². The number of ether oxygens (including phenoxy) is 2. The second-order valence-electron chi connectivity index (χ2n) is 18.4. The second-order valence-corrected chi connectivity index (χ2v) is 19.8. The molecule has 0 bridgehead atoms. The van der Waals surface area contributed by atoms with Gasteiger partial charge in [-0.05, 0) is 38.5 Å². The molecular weight excluding hydrogens is 840 g/mol. The summed E-state index contributed by atoms with van der Waals surface area (Å²) in [5, 5.41) is 50.2. The van der Waals surface area contributed by atoms with Crippen LogP contribution in [-0.2, 0) is 32.7 Å². The quantitative estimate of drug-likeness (QED) is 0.0146. The van der Waals surface area contributed by atoms with Crippen LogP contribution in [0.5, 0.6) is 0 Å².